The minimum atomic E-state index is -0.195. The number of ether oxygens (including phenoxy) is 1. The highest BCUT2D eigenvalue weighted by atomic mass is 16.5. The number of nitrogens with one attached hydrogen (secondary N) is 2. The third-order valence-corrected chi connectivity index (χ3v) is 3.70. The van der Waals surface area contributed by atoms with E-state index in [1.807, 2.05) is 18.2 Å². The van der Waals surface area contributed by atoms with Gasteiger partial charge in [-0.25, -0.2) is 0 Å². The molecular weight excluding hydrogens is 252 g/mol. The van der Waals surface area contributed by atoms with E-state index in [-0.39, 0.29) is 11.9 Å². The lowest BCUT2D eigenvalue weighted by molar-refractivity contribution is -0.123. The van der Waals surface area contributed by atoms with Gasteiger partial charge in [-0.2, -0.15) is 0 Å². The Morgan fingerprint density at radius 2 is 2.20 bits per heavy atom. The van der Waals surface area contributed by atoms with E-state index in [2.05, 4.69) is 16.7 Å². The summed E-state index contributed by atoms with van der Waals surface area (Å²) in [6.45, 7) is 2.40. The van der Waals surface area contributed by atoms with Gasteiger partial charge in [-0.05, 0) is 36.8 Å². The van der Waals surface area contributed by atoms with E-state index in [1.165, 1.54) is 5.56 Å². The van der Waals surface area contributed by atoms with Gasteiger partial charge in [0.25, 0.3) is 0 Å². The zero-order chi connectivity index (χ0) is 14.2. The summed E-state index contributed by atoms with van der Waals surface area (Å²) in [6, 6.07) is 8.00. The maximum atomic E-state index is 12.3. The molecule has 2 rings (SSSR count). The lowest BCUT2D eigenvalue weighted by Gasteiger charge is -2.26. The van der Waals surface area contributed by atoms with Crippen LogP contribution in [0.25, 0.3) is 0 Å². The minimum absolute atomic E-state index is 0.0869. The van der Waals surface area contributed by atoms with Crippen LogP contribution in [0, 0.1) is 0 Å². The molecule has 2 N–H and O–H groups in total. The van der Waals surface area contributed by atoms with Crippen molar-refractivity contribution in [3.63, 3.8) is 0 Å². The zero-order valence-electron chi connectivity index (χ0n) is 12.2. The van der Waals surface area contributed by atoms with E-state index in [1.54, 1.807) is 7.11 Å². The third kappa shape index (κ3) is 4.05. The highest BCUT2D eigenvalue weighted by Crippen LogP contribution is 2.22. The highest BCUT2D eigenvalue weighted by Gasteiger charge is 2.25. The van der Waals surface area contributed by atoms with E-state index in [9.17, 15) is 4.79 Å². The van der Waals surface area contributed by atoms with Gasteiger partial charge < -0.3 is 15.4 Å². The maximum Gasteiger partial charge on any atom is 0.241 e. The van der Waals surface area contributed by atoms with Crippen molar-refractivity contribution in [3.05, 3.63) is 35.4 Å². The molecule has 1 amide bonds. The summed E-state index contributed by atoms with van der Waals surface area (Å²) in [5, 5.41) is 6.33. The van der Waals surface area contributed by atoms with E-state index in [0.29, 0.717) is 0 Å². The van der Waals surface area contributed by atoms with Gasteiger partial charge in [0.1, 0.15) is 6.04 Å². The molecule has 1 aliphatic rings. The van der Waals surface area contributed by atoms with Crippen LogP contribution in [0.5, 0.6) is 0 Å². The third-order valence-electron chi connectivity index (χ3n) is 3.70. The number of carbonyl (C=O) groups excluding carboxylic acids is 1. The van der Waals surface area contributed by atoms with Crippen LogP contribution in [-0.4, -0.2) is 32.7 Å². The second-order valence-corrected chi connectivity index (χ2v) is 5.18. The first kappa shape index (κ1) is 15.0. The Labute approximate surface area is 120 Å². The summed E-state index contributed by atoms with van der Waals surface area (Å²) in [7, 11) is 1.72. The molecule has 20 heavy (non-hydrogen) atoms. The molecular formula is C16H24N2O2. The van der Waals surface area contributed by atoms with Crippen molar-refractivity contribution in [1.82, 2.24) is 10.6 Å². The predicted molar refractivity (Wildman–Crippen MR) is 79.6 cm³/mol. The van der Waals surface area contributed by atoms with Gasteiger partial charge in [-0.3, -0.25) is 4.79 Å². The Hall–Kier alpha value is -1.39. The van der Waals surface area contributed by atoms with Gasteiger partial charge in [0, 0.05) is 26.8 Å². The van der Waals surface area contributed by atoms with Crippen LogP contribution in [0.4, 0.5) is 0 Å². The standard InChI is InChI=1S/C16H24N2O2/c1-20-12-6-2-5-10-18-16(19)15-14-8-4-3-7-13(14)9-11-17-15/h3-4,7-8,15,17H,2,5-6,9-12H2,1H3,(H,18,19). The predicted octanol–water partition coefficient (Wildman–Crippen LogP) is 1.81. The molecule has 0 aliphatic carbocycles. The van der Waals surface area contributed by atoms with Gasteiger partial charge in [0.05, 0.1) is 0 Å². The topological polar surface area (TPSA) is 50.4 Å². The van der Waals surface area contributed by atoms with Crippen molar-refractivity contribution in [2.75, 3.05) is 26.8 Å². The second kappa shape index (κ2) is 8.02. The average molecular weight is 276 g/mol. The molecule has 110 valence electrons. The molecule has 1 aliphatic heterocycles. The van der Waals surface area contributed by atoms with Crippen LogP contribution in [0.1, 0.15) is 36.4 Å². The molecule has 1 aromatic carbocycles. The number of rotatable bonds is 7. The number of fused-ring (bicyclic) bond motifs is 1. The molecule has 1 aromatic rings. The van der Waals surface area contributed by atoms with Crippen molar-refractivity contribution in [2.45, 2.75) is 31.7 Å². The van der Waals surface area contributed by atoms with Crippen LogP contribution >= 0.6 is 0 Å². The molecule has 1 heterocycles. The van der Waals surface area contributed by atoms with Crippen molar-refractivity contribution in [3.8, 4) is 0 Å². The number of benzene rings is 1. The number of hydrogen-bond donors (Lipinski definition) is 2. The normalized spacial score (nSPS) is 17.6. The van der Waals surface area contributed by atoms with Crippen molar-refractivity contribution in [2.24, 2.45) is 0 Å². The Kier molecular flexibility index (Phi) is 6.02. The van der Waals surface area contributed by atoms with Crippen molar-refractivity contribution < 1.29 is 9.53 Å². The van der Waals surface area contributed by atoms with E-state index in [4.69, 9.17) is 4.74 Å². The number of hydrogen-bond acceptors (Lipinski definition) is 3. The molecule has 0 fully saturated rings. The summed E-state index contributed by atoms with van der Waals surface area (Å²) in [5.41, 5.74) is 2.40. The summed E-state index contributed by atoms with van der Waals surface area (Å²) >= 11 is 0. The molecule has 1 atom stereocenters. The lowest BCUT2D eigenvalue weighted by Crippen LogP contribution is -2.41. The minimum Gasteiger partial charge on any atom is -0.385 e. The first-order chi connectivity index (χ1) is 9.83. The quantitative estimate of drug-likeness (QED) is 0.747. The second-order valence-electron chi connectivity index (χ2n) is 5.18. The number of carbonyl (C=O) groups is 1. The van der Waals surface area contributed by atoms with Crippen LogP contribution in [0.2, 0.25) is 0 Å². The molecule has 1 unspecified atom stereocenters. The molecule has 0 spiro atoms. The first-order valence-electron chi connectivity index (χ1n) is 7.41. The molecule has 0 bridgehead atoms. The summed E-state index contributed by atoms with van der Waals surface area (Å²) in [6.07, 6.45) is 4.14. The molecule has 4 nitrogen and oxygen atoms in total. The van der Waals surface area contributed by atoms with Crippen molar-refractivity contribution >= 4 is 5.91 Å². The van der Waals surface area contributed by atoms with Gasteiger partial charge in [-0.1, -0.05) is 24.3 Å². The molecule has 0 saturated heterocycles. The number of methoxy groups -OCH3 is 1. The van der Waals surface area contributed by atoms with Crippen LogP contribution in [0.3, 0.4) is 0 Å². The highest BCUT2D eigenvalue weighted by molar-refractivity contribution is 5.83. The monoisotopic (exact) mass is 276 g/mol. The lowest BCUT2D eigenvalue weighted by atomic mass is 9.94. The van der Waals surface area contributed by atoms with Crippen molar-refractivity contribution in [1.29, 1.82) is 0 Å². The van der Waals surface area contributed by atoms with Gasteiger partial charge in [-0.15, -0.1) is 0 Å². The van der Waals surface area contributed by atoms with Crippen LogP contribution in [-0.2, 0) is 16.0 Å². The Morgan fingerprint density at radius 3 is 3.05 bits per heavy atom. The largest absolute Gasteiger partial charge is 0.385 e. The fourth-order valence-corrected chi connectivity index (χ4v) is 2.60. The number of unbranched alkanes of at least 4 members (excludes halogenated alkanes) is 2. The Morgan fingerprint density at radius 1 is 1.35 bits per heavy atom. The van der Waals surface area contributed by atoms with E-state index >= 15 is 0 Å². The first-order valence-corrected chi connectivity index (χ1v) is 7.41. The van der Waals surface area contributed by atoms with E-state index in [0.717, 1.165) is 50.9 Å². The smallest absolute Gasteiger partial charge is 0.241 e. The summed E-state index contributed by atoms with van der Waals surface area (Å²) in [5.74, 6) is 0.0869. The van der Waals surface area contributed by atoms with E-state index < -0.39 is 0 Å². The maximum absolute atomic E-state index is 12.3. The molecule has 4 heteroatoms. The van der Waals surface area contributed by atoms with Crippen LogP contribution < -0.4 is 10.6 Å². The summed E-state index contributed by atoms with van der Waals surface area (Å²) < 4.78 is 5.01. The molecule has 0 radical (unpaired) electrons. The molecule has 0 aromatic heterocycles. The fourth-order valence-electron chi connectivity index (χ4n) is 2.60. The Balaban J connectivity index is 1.79. The van der Waals surface area contributed by atoms with Gasteiger partial charge in [0.15, 0.2) is 0 Å². The number of amides is 1. The fraction of sp³-hybridized carbons (Fsp3) is 0.562. The van der Waals surface area contributed by atoms with Gasteiger partial charge in [0.2, 0.25) is 5.91 Å². The molecule has 0 saturated carbocycles. The van der Waals surface area contributed by atoms with Gasteiger partial charge >= 0.3 is 0 Å². The van der Waals surface area contributed by atoms with Crippen LogP contribution in [0.15, 0.2) is 24.3 Å². The SMILES string of the molecule is COCCCCCNC(=O)C1NCCc2ccccc21. The average Bonchev–Trinajstić information content (AvgIpc) is 2.50. The zero-order valence-corrected chi connectivity index (χ0v) is 12.2. The summed E-state index contributed by atoms with van der Waals surface area (Å²) in [4.78, 5) is 12.3. The Bertz CT molecular complexity index is 434.